The maximum absolute atomic E-state index is 2.45. The summed E-state index contributed by atoms with van der Waals surface area (Å²) in [4.78, 5) is 0. The first kappa shape index (κ1) is 38.4. The molecule has 324 valence electrons. The van der Waals surface area contributed by atoms with Gasteiger partial charge in [-0.15, -0.1) is 22.7 Å². The van der Waals surface area contributed by atoms with E-state index in [4.69, 9.17) is 0 Å². The third kappa shape index (κ3) is 5.26. The van der Waals surface area contributed by atoms with Gasteiger partial charge in [0.25, 0.3) is 0 Å². The van der Waals surface area contributed by atoms with Crippen molar-refractivity contribution in [3.05, 3.63) is 231 Å². The van der Waals surface area contributed by atoms with Crippen molar-refractivity contribution in [2.45, 2.75) is 0 Å². The van der Waals surface area contributed by atoms with Crippen molar-refractivity contribution in [1.82, 2.24) is 9.13 Å². The van der Waals surface area contributed by atoms with E-state index < -0.39 is 0 Å². The highest BCUT2D eigenvalue weighted by atomic mass is 32.1. The van der Waals surface area contributed by atoms with Crippen LogP contribution in [-0.2, 0) is 0 Å². The maximum Gasteiger partial charge on any atom is 0.0541 e. The molecule has 0 atom stereocenters. The molecule has 16 aromatic rings. The average Bonchev–Trinajstić information content (AvgIpc) is 4.18. The summed E-state index contributed by atoms with van der Waals surface area (Å²) in [6.07, 6.45) is 0. The minimum Gasteiger partial charge on any atom is -0.309 e. The van der Waals surface area contributed by atoms with Crippen LogP contribution in [0.25, 0.3) is 150 Å². The lowest BCUT2D eigenvalue weighted by molar-refractivity contribution is 1.20. The van der Waals surface area contributed by atoms with Gasteiger partial charge in [0.2, 0.25) is 0 Å². The highest BCUT2D eigenvalue weighted by Crippen LogP contribution is 2.51. The number of hydrogen-bond donors (Lipinski definition) is 0. The van der Waals surface area contributed by atoms with Crippen LogP contribution in [0.15, 0.2) is 231 Å². The van der Waals surface area contributed by atoms with Gasteiger partial charge in [-0.1, -0.05) is 182 Å². The standard InChI is InChI=1S/C66H38N2S2/c1-3-17-45-43(15-1)41(33-35-59(45)67-55-25-11-7-19-47(55)48-20-8-12-26-56(48)67)39-29-31-53-61(37-39)69-65-63(53)51-23-5-6-24-52(51)64-54-32-30-40(38-62(54)70-66(64)65)42-34-36-60(46-18-4-2-16-44(42)46)68-57-27-13-9-21-49(57)50-22-10-14-28-58(50)68/h1-38H. The molecule has 0 aliphatic heterocycles. The van der Waals surface area contributed by atoms with Crippen molar-refractivity contribution >= 4 is 139 Å². The molecule has 16 rings (SSSR count). The predicted octanol–water partition coefficient (Wildman–Crippen LogP) is 19.4. The third-order valence-corrected chi connectivity index (χ3v) is 17.6. The number of para-hydroxylation sites is 4. The van der Waals surface area contributed by atoms with Gasteiger partial charge >= 0.3 is 0 Å². The van der Waals surface area contributed by atoms with Gasteiger partial charge < -0.3 is 9.13 Å². The topological polar surface area (TPSA) is 9.86 Å². The fraction of sp³-hybridized carbons (Fsp3) is 0. The lowest BCUT2D eigenvalue weighted by Crippen LogP contribution is -1.96. The summed E-state index contributed by atoms with van der Waals surface area (Å²) in [7, 11) is 0. The average molecular weight is 923 g/mol. The summed E-state index contributed by atoms with van der Waals surface area (Å²) in [5, 5.41) is 18.1. The highest BCUT2D eigenvalue weighted by Gasteiger charge is 2.22. The van der Waals surface area contributed by atoms with Crippen molar-refractivity contribution in [1.29, 1.82) is 0 Å². The van der Waals surface area contributed by atoms with Gasteiger partial charge in [-0.3, -0.25) is 0 Å². The normalized spacial score (nSPS) is 12.3. The van der Waals surface area contributed by atoms with Crippen molar-refractivity contribution in [2.75, 3.05) is 0 Å². The van der Waals surface area contributed by atoms with Gasteiger partial charge in [-0.2, -0.15) is 0 Å². The Morgan fingerprint density at radius 2 is 0.557 bits per heavy atom. The number of fused-ring (bicyclic) bond motifs is 18. The number of hydrogen-bond acceptors (Lipinski definition) is 2. The van der Waals surface area contributed by atoms with Gasteiger partial charge in [0.15, 0.2) is 0 Å². The zero-order valence-electron chi connectivity index (χ0n) is 37.7. The number of rotatable bonds is 4. The second-order valence-corrected chi connectivity index (χ2v) is 20.8. The van der Waals surface area contributed by atoms with Crippen LogP contribution in [-0.4, -0.2) is 9.13 Å². The number of benzene rings is 12. The number of nitrogens with zero attached hydrogens (tertiary/aromatic N) is 2. The highest BCUT2D eigenvalue weighted by molar-refractivity contribution is 7.33. The molecular weight excluding hydrogens is 885 g/mol. The van der Waals surface area contributed by atoms with Gasteiger partial charge in [-0.05, 0) is 92.3 Å². The lowest BCUT2D eigenvalue weighted by atomic mass is 9.94. The molecule has 4 heterocycles. The van der Waals surface area contributed by atoms with E-state index in [1.165, 1.54) is 150 Å². The third-order valence-electron chi connectivity index (χ3n) is 15.1. The molecule has 0 saturated carbocycles. The molecule has 4 aromatic heterocycles. The van der Waals surface area contributed by atoms with E-state index in [0.29, 0.717) is 0 Å². The number of aromatic nitrogens is 2. The Bertz CT molecular complexity index is 4490. The summed E-state index contributed by atoms with van der Waals surface area (Å²) >= 11 is 3.90. The molecule has 0 N–H and O–H groups in total. The summed E-state index contributed by atoms with van der Waals surface area (Å²) in [5.74, 6) is 0. The smallest absolute Gasteiger partial charge is 0.0541 e. The molecule has 0 aliphatic carbocycles. The second-order valence-electron chi connectivity index (χ2n) is 18.7. The monoisotopic (exact) mass is 922 g/mol. The molecule has 0 bridgehead atoms. The van der Waals surface area contributed by atoms with Crippen LogP contribution in [0.4, 0.5) is 0 Å². The summed E-state index contributed by atoms with van der Waals surface area (Å²) in [5.41, 5.74) is 12.3. The van der Waals surface area contributed by atoms with Gasteiger partial charge in [0.1, 0.15) is 0 Å². The van der Waals surface area contributed by atoms with Crippen LogP contribution in [0.5, 0.6) is 0 Å². The Morgan fingerprint density at radius 3 is 0.929 bits per heavy atom. The Morgan fingerprint density at radius 1 is 0.243 bits per heavy atom. The molecule has 0 fully saturated rings. The van der Waals surface area contributed by atoms with E-state index in [1.807, 2.05) is 22.7 Å². The minimum atomic E-state index is 1.20. The fourth-order valence-corrected chi connectivity index (χ4v) is 14.8. The van der Waals surface area contributed by atoms with Crippen LogP contribution < -0.4 is 0 Å². The first-order valence-electron chi connectivity index (χ1n) is 24.0. The van der Waals surface area contributed by atoms with E-state index in [0.717, 1.165) is 0 Å². The van der Waals surface area contributed by atoms with E-state index in [-0.39, 0.29) is 0 Å². The Hall–Kier alpha value is -8.54. The summed E-state index contributed by atoms with van der Waals surface area (Å²) in [6, 6.07) is 85.8. The zero-order chi connectivity index (χ0) is 45.6. The van der Waals surface area contributed by atoms with E-state index >= 15 is 0 Å². The summed E-state index contributed by atoms with van der Waals surface area (Å²) in [6.45, 7) is 0. The largest absolute Gasteiger partial charge is 0.309 e. The Balaban J connectivity index is 0.861. The van der Waals surface area contributed by atoms with Crippen LogP contribution in [0.3, 0.4) is 0 Å². The van der Waals surface area contributed by atoms with E-state index in [2.05, 4.69) is 240 Å². The fourth-order valence-electron chi connectivity index (χ4n) is 12.1. The van der Waals surface area contributed by atoms with Crippen molar-refractivity contribution in [3.63, 3.8) is 0 Å². The molecule has 12 aromatic carbocycles. The van der Waals surface area contributed by atoms with Gasteiger partial charge in [0.05, 0.1) is 42.8 Å². The van der Waals surface area contributed by atoms with Crippen LogP contribution in [0, 0.1) is 0 Å². The number of thiophene rings is 2. The molecule has 0 spiro atoms. The lowest BCUT2D eigenvalue weighted by Gasteiger charge is -2.15. The Kier molecular flexibility index (Phi) is 7.95. The minimum absolute atomic E-state index is 1.20. The molecule has 0 unspecified atom stereocenters. The Labute approximate surface area is 409 Å². The van der Waals surface area contributed by atoms with Crippen molar-refractivity contribution in [2.24, 2.45) is 0 Å². The molecule has 0 aliphatic rings. The molecule has 0 amide bonds. The quantitative estimate of drug-likeness (QED) is 0.166. The first-order valence-corrected chi connectivity index (χ1v) is 25.6. The van der Waals surface area contributed by atoms with Crippen LogP contribution in [0.2, 0.25) is 0 Å². The predicted molar refractivity (Wildman–Crippen MR) is 304 cm³/mol. The van der Waals surface area contributed by atoms with E-state index in [9.17, 15) is 0 Å². The molecule has 70 heavy (non-hydrogen) atoms. The van der Waals surface area contributed by atoms with Gasteiger partial charge in [-0.25, -0.2) is 0 Å². The zero-order valence-corrected chi connectivity index (χ0v) is 39.3. The molecule has 4 heteroatoms. The van der Waals surface area contributed by atoms with Crippen molar-refractivity contribution < 1.29 is 0 Å². The molecule has 2 nitrogen and oxygen atoms in total. The molecule has 0 saturated heterocycles. The molecule has 0 radical (unpaired) electrons. The van der Waals surface area contributed by atoms with Crippen LogP contribution >= 0.6 is 22.7 Å². The van der Waals surface area contributed by atoms with Crippen LogP contribution in [0.1, 0.15) is 0 Å². The summed E-state index contributed by atoms with van der Waals surface area (Å²) < 4.78 is 10.3. The van der Waals surface area contributed by atoms with Gasteiger partial charge in [0, 0.05) is 63.3 Å². The molecular formula is C66H38N2S2. The first-order chi connectivity index (χ1) is 34.7. The van der Waals surface area contributed by atoms with E-state index in [1.54, 1.807) is 0 Å². The maximum atomic E-state index is 2.45. The SMILES string of the molecule is c1ccc2c(-n3c4ccccc4c4ccccc43)ccc(-c3ccc4c(c3)sc3c5sc6cc(-c7ccc(-n8c9ccccc9c9ccccc98)c8ccccc78)ccc6c5c5ccccc5c43)c2c1. The van der Waals surface area contributed by atoms with Crippen molar-refractivity contribution in [3.8, 4) is 33.6 Å². The second kappa shape index (κ2) is 14.5.